The van der Waals surface area contributed by atoms with E-state index in [-0.39, 0.29) is 22.0 Å². The van der Waals surface area contributed by atoms with Crippen molar-refractivity contribution in [2.75, 3.05) is 16.2 Å². The van der Waals surface area contributed by atoms with Gasteiger partial charge in [0.15, 0.2) is 5.76 Å². The lowest BCUT2D eigenvalue weighted by Gasteiger charge is -2.23. The lowest BCUT2D eigenvalue weighted by molar-refractivity contribution is 0.102. The topological polar surface area (TPSA) is 92.5 Å². The summed E-state index contributed by atoms with van der Waals surface area (Å²) in [4.78, 5) is 12.7. The van der Waals surface area contributed by atoms with Crippen molar-refractivity contribution in [1.82, 2.24) is 5.16 Å². The Kier molecular flexibility index (Phi) is 5.95. The number of carbonyl (C=O) groups is 1. The first kappa shape index (κ1) is 20.9. The van der Waals surface area contributed by atoms with E-state index >= 15 is 0 Å². The molecule has 3 aromatic rings. The molecule has 0 unspecified atom stereocenters. The molecule has 2 aromatic carbocycles. The Morgan fingerprint density at radius 1 is 1.17 bits per heavy atom. The molecule has 1 N–H and O–H groups in total. The van der Waals surface area contributed by atoms with E-state index in [2.05, 4.69) is 10.5 Å². The Labute approximate surface area is 174 Å². The number of carbonyl (C=O) groups excluding carboxylic acids is 1. The van der Waals surface area contributed by atoms with E-state index in [0.29, 0.717) is 22.8 Å². The fourth-order valence-electron chi connectivity index (χ4n) is 2.89. The predicted octanol–water partition coefficient (Wildman–Crippen LogP) is 4.41. The van der Waals surface area contributed by atoms with E-state index in [9.17, 15) is 13.2 Å². The van der Waals surface area contributed by atoms with E-state index in [1.807, 2.05) is 6.07 Å². The summed E-state index contributed by atoms with van der Waals surface area (Å²) in [5.74, 6) is -0.110. The molecule has 9 heteroatoms. The van der Waals surface area contributed by atoms with Crippen LogP contribution in [-0.4, -0.2) is 26.0 Å². The van der Waals surface area contributed by atoms with E-state index in [1.54, 1.807) is 45.0 Å². The van der Waals surface area contributed by atoms with Crippen molar-refractivity contribution >= 4 is 38.9 Å². The van der Waals surface area contributed by atoms with Crippen LogP contribution >= 0.6 is 11.6 Å². The number of nitrogens with zero attached hydrogens (tertiary/aromatic N) is 2. The lowest BCUT2D eigenvalue weighted by Crippen LogP contribution is -2.31. The van der Waals surface area contributed by atoms with Crippen LogP contribution in [0.4, 0.5) is 11.4 Å². The van der Waals surface area contributed by atoms with Gasteiger partial charge in [0.1, 0.15) is 11.4 Å². The van der Waals surface area contributed by atoms with Crippen LogP contribution in [0.1, 0.15) is 28.7 Å². The Bertz CT molecular complexity index is 1120. The average molecular weight is 434 g/mol. The Morgan fingerprint density at radius 2 is 1.86 bits per heavy atom. The van der Waals surface area contributed by atoms with Crippen molar-refractivity contribution in [1.29, 1.82) is 0 Å². The molecule has 7 nitrogen and oxygen atoms in total. The number of anilines is 2. The number of para-hydroxylation sites is 1. The fraction of sp³-hybridized carbons (Fsp3) is 0.200. The van der Waals surface area contributed by atoms with Gasteiger partial charge in [-0.3, -0.25) is 9.10 Å². The van der Waals surface area contributed by atoms with Gasteiger partial charge in [-0.15, -0.1) is 0 Å². The van der Waals surface area contributed by atoms with Gasteiger partial charge in [0.2, 0.25) is 0 Å². The zero-order valence-corrected chi connectivity index (χ0v) is 17.7. The third-order valence-corrected chi connectivity index (χ3v) is 6.60. The first-order chi connectivity index (χ1) is 13.8. The Balaban J connectivity index is 1.98. The second kappa shape index (κ2) is 8.26. The summed E-state index contributed by atoms with van der Waals surface area (Å²) in [6.45, 7) is 5.33. The molecule has 0 saturated carbocycles. The molecule has 0 radical (unpaired) electrons. The van der Waals surface area contributed by atoms with Crippen molar-refractivity contribution in [2.24, 2.45) is 0 Å². The molecule has 3 rings (SSSR count). The zero-order valence-electron chi connectivity index (χ0n) is 16.1. The number of rotatable bonds is 6. The minimum atomic E-state index is -3.89. The number of nitrogens with one attached hydrogen (secondary N) is 1. The minimum absolute atomic E-state index is 0.0310. The van der Waals surface area contributed by atoms with Gasteiger partial charge in [-0.25, -0.2) is 8.42 Å². The molecule has 29 heavy (non-hydrogen) atoms. The molecule has 0 fully saturated rings. The van der Waals surface area contributed by atoms with Crippen molar-refractivity contribution in [3.63, 3.8) is 0 Å². The van der Waals surface area contributed by atoms with Crippen LogP contribution in [0.2, 0.25) is 5.02 Å². The molecule has 0 bridgehead atoms. The minimum Gasteiger partial charge on any atom is -0.359 e. The predicted molar refractivity (Wildman–Crippen MR) is 112 cm³/mol. The van der Waals surface area contributed by atoms with Crippen LogP contribution in [-0.2, 0) is 10.0 Å². The summed E-state index contributed by atoms with van der Waals surface area (Å²) in [6.07, 6.45) is 0. The standard InChI is InChI=1S/C20H20ClN3O4S/c1-4-24(15-8-6-5-7-9-15)29(26,27)16-10-11-18(21)17(12-16)20(25)22-19-13(2)23-28-14(19)3/h5-12H,4H2,1-3H3,(H,22,25). The molecule has 0 aliphatic rings. The summed E-state index contributed by atoms with van der Waals surface area (Å²) in [6, 6.07) is 12.8. The molecule has 0 aliphatic heterocycles. The van der Waals surface area contributed by atoms with E-state index in [1.165, 1.54) is 22.5 Å². The highest BCUT2D eigenvalue weighted by Gasteiger charge is 2.26. The van der Waals surface area contributed by atoms with Crippen LogP contribution in [0.25, 0.3) is 0 Å². The molecule has 1 heterocycles. The maximum atomic E-state index is 13.2. The van der Waals surface area contributed by atoms with Crippen LogP contribution in [0.15, 0.2) is 57.9 Å². The van der Waals surface area contributed by atoms with Crippen molar-refractivity contribution in [2.45, 2.75) is 25.7 Å². The molecule has 1 amide bonds. The molecule has 0 atom stereocenters. The van der Waals surface area contributed by atoms with Crippen molar-refractivity contribution in [3.8, 4) is 0 Å². The van der Waals surface area contributed by atoms with Gasteiger partial charge in [-0.1, -0.05) is 35.0 Å². The van der Waals surface area contributed by atoms with Crippen LogP contribution in [0.5, 0.6) is 0 Å². The number of hydrogen-bond acceptors (Lipinski definition) is 5. The fourth-order valence-corrected chi connectivity index (χ4v) is 4.60. The number of aryl methyl sites for hydroxylation is 2. The molecule has 0 spiro atoms. The number of sulfonamides is 1. The second-order valence-electron chi connectivity index (χ2n) is 6.30. The summed E-state index contributed by atoms with van der Waals surface area (Å²) in [5, 5.41) is 6.60. The average Bonchev–Trinajstić information content (AvgIpc) is 3.01. The highest BCUT2D eigenvalue weighted by Crippen LogP contribution is 2.28. The Morgan fingerprint density at radius 3 is 2.45 bits per heavy atom. The maximum absolute atomic E-state index is 13.2. The quantitative estimate of drug-likeness (QED) is 0.621. The molecule has 0 saturated heterocycles. The number of amides is 1. The third kappa shape index (κ3) is 4.13. The SMILES string of the molecule is CCN(c1ccccc1)S(=O)(=O)c1ccc(Cl)c(C(=O)Nc2c(C)noc2C)c1. The van der Waals surface area contributed by atoms with E-state index in [0.717, 1.165) is 0 Å². The van der Waals surface area contributed by atoms with Crippen molar-refractivity contribution < 1.29 is 17.7 Å². The monoisotopic (exact) mass is 433 g/mol. The van der Waals surface area contributed by atoms with Gasteiger partial charge in [0.25, 0.3) is 15.9 Å². The van der Waals surface area contributed by atoms with Gasteiger partial charge in [-0.2, -0.15) is 0 Å². The normalized spacial score (nSPS) is 11.3. The smallest absolute Gasteiger partial charge is 0.264 e. The van der Waals surface area contributed by atoms with E-state index < -0.39 is 15.9 Å². The highest BCUT2D eigenvalue weighted by atomic mass is 35.5. The van der Waals surface area contributed by atoms with Gasteiger partial charge < -0.3 is 9.84 Å². The highest BCUT2D eigenvalue weighted by molar-refractivity contribution is 7.92. The number of benzene rings is 2. The van der Waals surface area contributed by atoms with Gasteiger partial charge >= 0.3 is 0 Å². The molecular weight excluding hydrogens is 414 g/mol. The number of halogens is 1. The second-order valence-corrected chi connectivity index (χ2v) is 8.57. The number of hydrogen-bond donors (Lipinski definition) is 1. The first-order valence-corrected chi connectivity index (χ1v) is 10.7. The zero-order chi connectivity index (χ0) is 21.2. The molecule has 152 valence electrons. The van der Waals surface area contributed by atoms with Gasteiger partial charge in [-0.05, 0) is 51.1 Å². The molecule has 0 aliphatic carbocycles. The van der Waals surface area contributed by atoms with Crippen molar-refractivity contribution in [3.05, 3.63) is 70.6 Å². The number of aromatic nitrogens is 1. The summed E-state index contributed by atoms with van der Waals surface area (Å²) < 4.78 is 32.7. The van der Waals surface area contributed by atoms with E-state index in [4.69, 9.17) is 16.1 Å². The van der Waals surface area contributed by atoms with Crippen LogP contribution in [0.3, 0.4) is 0 Å². The summed E-state index contributed by atoms with van der Waals surface area (Å²) in [5.41, 5.74) is 1.51. The Hall–Kier alpha value is -2.84. The largest absolute Gasteiger partial charge is 0.359 e. The van der Waals surface area contributed by atoms with Crippen LogP contribution in [0, 0.1) is 13.8 Å². The van der Waals surface area contributed by atoms with Gasteiger partial charge in [0.05, 0.1) is 21.2 Å². The first-order valence-electron chi connectivity index (χ1n) is 8.87. The summed E-state index contributed by atoms with van der Waals surface area (Å²) in [7, 11) is -3.89. The van der Waals surface area contributed by atoms with Crippen LogP contribution < -0.4 is 9.62 Å². The van der Waals surface area contributed by atoms with Gasteiger partial charge in [0, 0.05) is 6.54 Å². The third-order valence-electron chi connectivity index (χ3n) is 4.37. The molecular formula is C20H20ClN3O4S. The lowest BCUT2D eigenvalue weighted by atomic mass is 10.2. The molecule has 1 aromatic heterocycles. The maximum Gasteiger partial charge on any atom is 0.264 e. The summed E-state index contributed by atoms with van der Waals surface area (Å²) >= 11 is 6.18.